The number of aliphatic imine (C=N–C) groups is 1. The summed E-state index contributed by atoms with van der Waals surface area (Å²) in [6.45, 7) is 0. The van der Waals surface area contributed by atoms with Gasteiger partial charge in [-0.2, -0.15) is 5.10 Å². The summed E-state index contributed by atoms with van der Waals surface area (Å²) in [5, 5.41) is 4.68. The molecule has 0 saturated heterocycles. The van der Waals surface area contributed by atoms with Crippen LogP contribution in [0.1, 0.15) is 16.7 Å². The van der Waals surface area contributed by atoms with E-state index < -0.39 is 0 Å². The van der Waals surface area contributed by atoms with Crippen molar-refractivity contribution < 1.29 is 0 Å². The zero-order valence-corrected chi connectivity index (χ0v) is 16.6. The highest BCUT2D eigenvalue weighted by Crippen LogP contribution is 2.29. The lowest BCUT2D eigenvalue weighted by Gasteiger charge is -2.14. The molecule has 1 aromatic heterocycles. The SMILES string of the molecule is CN(C)c1ccc(C2=NNC(c3cccnc3)=Nc3ccc(Br)cc32)cc1. The first-order valence-electron chi connectivity index (χ1n) is 8.52. The number of rotatable bonds is 3. The van der Waals surface area contributed by atoms with Gasteiger partial charge in [-0.3, -0.25) is 10.4 Å². The van der Waals surface area contributed by atoms with Crippen LogP contribution in [-0.2, 0) is 0 Å². The molecule has 0 amide bonds. The van der Waals surface area contributed by atoms with Gasteiger partial charge in [-0.25, -0.2) is 4.99 Å². The van der Waals surface area contributed by atoms with Crippen LogP contribution in [0.3, 0.4) is 0 Å². The molecule has 0 aliphatic carbocycles. The molecule has 1 aliphatic heterocycles. The molecule has 4 rings (SSSR count). The van der Waals surface area contributed by atoms with Crippen molar-refractivity contribution in [3.05, 3.63) is 88.2 Å². The molecule has 2 aromatic carbocycles. The third-order valence-corrected chi connectivity index (χ3v) is 4.80. The summed E-state index contributed by atoms with van der Waals surface area (Å²) in [5.41, 5.74) is 8.85. The molecule has 0 unspecified atom stereocenters. The maximum Gasteiger partial charge on any atom is 0.155 e. The molecule has 0 saturated carbocycles. The van der Waals surface area contributed by atoms with Gasteiger partial charge in [0, 0.05) is 53.3 Å². The van der Waals surface area contributed by atoms with Gasteiger partial charge in [0.25, 0.3) is 0 Å². The fourth-order valence-corrected chi connectivity index (χ4v) is 3.24. The molecule has 0 fully saturated rings. The van der Waals surface area contributed by atoms with Gasteiger partial charge in [0.15, 0.2) is 5.84 Å². The minimum atomic E-state index is 0.673. The van der Waals surface area contributed by atoms with E-state index in [1.807, 2.05) is 44.4 Å². The van der Waals surface area contributed by atoms with Crippen LogP contribution in [0.5, 0.6) is 0 Å². The molecule has 134 valence electrons. The second-order valence-electron chi connectivity index (χ2n) is 6.38. The Bertz CT molecular complexity index is 1020. The van der Waals surface area contributed by atoms with E-state index >= 15 is 0 Å². The Balaban J connectivity index is 1.82. The number of nitrogens with one attached hydrogen (secondary N) is 1. The van der Waals surface area contributed by atoms with E-state index in [2.05, 4.69) is 60.6 Å². The minimum absolute atomic E-state index is 0.673. The number of hydrazone groups is 1. The van der Waals surface area contributed by atoms with Gasteiger partial charge in [-0.15, -0.1) is 0 Å². The lowest BCUT2D eigenvalue weighted by molar-refractivity contribution is 1.03. The monoisotopic (exact) mass is 419 g/mol. The normalized spacial score (nSPS) is 13.0. The van der Waals surface area contributed by atoms with E-state index in [0.29, 0.717) is 5.84 Å². The zero-order chi connectivity index (χ0) is 18.8. The second-order valence-corrected chi connectivity index (χ2v) is 7.29. The summed E-state index contributed by atoms with van der Waals surface area (Å²) in [5.74, 6) is 0.673. The largest absolute Gasteiger partial charge is 0.378 e. The van der Waals surface area contributed by atoms with Crippen LogP contribution in [0, 0.1) is 0 Å². The quantitative estimate of drug-likeness (QED) is 0.686. The van der Waals surface area contributed by atoms with Crippen LogP contribution in [0.4, 0.5) is 11.4 Å². The van der Waals surface area contributed by atoms with Crippen LogP contribution in [0.2, 0.25) is 0 Å². The molecule has 0 bridgehead atoms. The van der Waals surface area contributed by atoms with E-state index in [1.165, 1.54) is 0 Å². The standard InChI is InChI=1S/C21H18BrN5/c1-27(2)17-8-5-14(6-9-17)20-18-12-16(22)7-10-19(18)24-21(26-25-20)15-4-3-11-23-13-15/h3-13H,1-2H3,(H,24,26). The molecule has 2 heterocycles. The van der Waals surface area contributed by atoms with E-state index in [9.17, 15) is 0 Å². The number of benzene rings is 2. The van der Waals surface area contributed by atoms with Crippen LogP contribution in [0.15, 0.2) is 81.6 Å². The molecule has 5 nitrogen and oxygen atoms in total. The van der Waals surface area contributed by atoms with Crippen LogP contribution in [0.25, 0.3) is 0 Å². The Morgan fingerprint density at radius 1 is 0.963 bits per heavy atom. The summed E-state index contributed by atoms with van der Waals surface area (Å²) < 4.78 is 0.985. The van der Waals surface area contributed by atoms with Crippen molar-refractivity contribution in [3.8, 4) is 0 Å². The number of pyridine rings is 1. The van der Waals surface area contributed by atoms with Crippen molar-refractivity contribution in [2.75, 3.05) is 19.0 Å². The molecule has 0 atom stereocenters. The summed E-state index contributed by atoms with van der Waals surface area (Å²) >= 11 is 3.57. The number of aromatic nitrogens is 1. The lowest BCUT2D eigenvalue weighted by atomic mass is 10.0. The Labute approximate surface area is 166 Å². The van der Waals surface area contributed by atoms with Crippen molar-refractivity contribution in [2.24, 2.45) is 10.1 Å². The summed E-state index contributed by atoms with van der Waals surface area (Å²) in [6.07, 6.45) is 3.52. The zero-order valence-electron chi connectivity index (χ0n) is 15.0. The van der Waals surface area contributed by atoms with Crippen molar-refractivity contribution in [2.45, 2.75) is 0 Å². The average Bonchev–Trinajstić information content (AvgIpc) is 2.88. The van der Waals surface area contributed by atoms with Crippen molar-refractivity contribution in [1.82, 2.24) is 10.4 Å². The number of hydrogen-bond acceptors (Lipinski definition) is 5. The second kappa shape index (κ2) is 7.32. The number of hydrogen-bond donors (Lipinski definition) is 1. The number of halogens is 1. The third kappa shape index (κ3) is 3.61. The molecule has 1 N–H and O–H groups in total. The topological polar surface area (TPSA) is 52.9 Å². The van der Waals surface area contributed by atoms with E-state index in [-0.39, 0.29) is 0 Å². The van der Waals surface area contributed by atoms with Crippen molar-refractivity contribution in [1.29, 1.82) is 0 Å². The van der Waals surface area contributed by atoms with E-state index in [4.69, 9.17) is 4.99 Å². The summed E-state index contributed by atoms with van der Waals surface area (Å²) in [7, 11) is 4.06. The predicted molar refractivity (Wildman–Crippen MR) is 114 cm³/mol. The van der Waals surface area contributed by atoms with Crippen LogP contribution >= 0.6 is 15.9 Å². The molecule has 0 spiro atoms. The molecule has 0 radical (unpaired) electrons. The van der Waals surface area contributed by atoms with Gasteiger partial charge >= 0.3 is 0 Å². The first-order valence-corrected chi connectivity index (χ1v) is 9.31. The van der Waals surface area contributed by atoms with Gasteiger partial charge < -0.3 is 4.90 Å². The van der Waals surface area contributed by atoms with E-state index in [1.54, 1.807) is 12.4 Å². The van der Waals surface area contributed by atoms with Gasteiger partial charge in [0.05, 0.1) is 5.69 Å². The highest BCUT2D eigenvalue weighted by Gasteiger charge is 2.18. The summed E-state index contributed by atoms with van der Waals surface area (Å²) in [6, 6.07) is 18.2. The molecule has 27 heavy (non-hydrogen) atoms. The maximum atomic E-state index is 4.79. The number of fused-ring (bicyclic) bond motifs is 1. The molecular weight excluding hydrogens is 402 g/mol. The Morgan fingerprint density at radius 2 is 1.78 bits per heavy atom. The average molecular weight is 420 g/mol. The fraction of sp³-hybridized carbons (Fsp3) is 0.0952. The Hall–Kier alpha value is -2.99. The van der Waals surface area contributed by atoms with Gasteiger partial charge in [0.1, 0.15) is 5.71 Å². The first-order chi connectivity index (χ1) is 13.1. The smallest absolute Gasteiger partial charge is 0.155 e. The van der Waals surface area contributed by atoms with Crippen LogP contribution in [-0.4, -0.2) is 30.6 Å². The first kappa shape index (κ1) is 17.4. The molecular formula is C21H18BrN5. The van der Waals surface area contributed by atoms with Gasteiger partial charge in [-0.1, -0.05) is 28.1 Å². The van der Waals surface area contributed by atoms with Gasteiger partial charge in [-0.05, 0) is 42.5 Å². The number of nitrogens with zero attached hydrogens (tertiary/aromatic N) is 4. The molecule has 3 aromatic rings. The Kier molecular flexibility index (Phi) is 4.73. The lowest BCUT2D eigenvalue weighted by Crippen LogP contribution is -2.19. The third-order valence-electron chi connectivity index (χ3n) is 4.31. The fourth-order valence-electron chi connectivity index (χ4n) is 2.88. The van der Waals surface area contributed by atoms with Gasteiger partial charge in [0.2, 0.25) is 0 Å². The predicted octanol–water partition coefficient (Wildman–Crippen LogP) is 4.34. The molecule has 6 heteroatoms. The Morgan fingerprint density at radius 3 is 2.48 bits per heavy atom. The number of anilines is 1. The van der Waals surface area contributed by atoms with Crippen molar-refractivity contribution >= 4 is 38.9 Å². The highest BCUT2D eigenvalue weighted by molar-refractivity contribution is 9.10. The van der Waals surface area contributed by atoms with E-state index in [0.717, 1.165) is 38.2 Å². The van der Waals surface area contributed by atoms with Crippen LogP contribution < -0.4 is 10.3 Å². The maximum absolute atomic E-state index is 4.79. The molecule has 1 aliphatic rings. The van der Waals surface area contributed by atoms with Crippen molar-refractivity contribution in [3.63, 3.8) is 0 Å². The minimum Gasteiger partial charge on any atom is -0.378 e. The summed E-state index contributed by atoms with van der Waals surface area (Å²) in [4.78, 5) is 11.1. The highest BCUT2D eigenvalue weighted by atomic mass is 79.9. The number of amidine groups is 1.